The van der Waals surface area contributed by atoms with Gasteiger partial charge >= 0.3 is 6.03 Å². The molecule has 1 aliphatic rings. The van der Waals surface area contributed by atoms with Gasteiger partial charge in [0.05, 0.1) is 13.7 Å². The number of piperazine rings is 1. The van der Waals surface area contributed by atoms with E-state index in [1.807, 2.05) is 35.2 Å². The van der Waals surface area contributed by atoms with Crippen LogP contribution in [0, 0.1) is 0 Å². The number of fused-ring (bicyclic) bond motifs is 1. The fourth-order valence-electron chi connectivity index (χ4n) is 3.71. The predicted octanol–water partition coefficient (Wildman–Crippen LogP) is 4.48. The van der Waals surface area contributed by atoms with Crippen LogP contribution < -0.4 is 10.1 Å². The number of hydrogen-bond acceptors (Lipinski definition) is 5. The Morgan fingerprint density at radius 3 is 2.61 bits per heavy atom. The third-order valence-corrected chi connectivity index (χ3v) is 5.64. The lowest BCUT2D eigenvalue weighted by Crippen LogP contribution is -2.49. The van der Waals surface area contributed by atoms with Crippen LogP contribution in [-0.4, -0.2) is 54.1 Å². The summed E-state index contributed by atoms with van der Waals surface area (Å²) in [7, 11) is 1.61. The van der Waals surface area contributed by atoms with Gasteiger partial charge in [0.2, 0.25) is 5.89 Å². The highest BCUT2D eigenvalue weighted by molar-refractivity contribution is 5.89. The third-order valence-electron chi connectivity index (χ3n) is 5.64. The molecule has 1 fully saturated rings. The molecule has 2 heterocycles. The monoisotopic (exact) mass is 422 g/mol. The van der Waals surface area contributed by atoms with E-state index >= 15 is 0 Å². The molecule has 31 heavy (non-hydrogen) atoms. The molecule has 0 spiro atoms. The lowest BCUT2D eigenvalue weighted by atomic mass is 9.87. The smallest absolute Gasteiger partial charge is 0.321 e. The Bertz CT molecular complexity index is 1060. The largest absolute Gasteiger partial charge is 0.497 e. The SMILES string of the molecule is COc1cccc(NC(=O)N2CCN(Cc3nc4cc(C(C)(C)C)ccc4o3)CC2)c1. The van der Waals surface area contributed by atoms with Crippen molar-refractivity contribution in [2.75, 3.05) is 38.6 Å². The summed E-state index contributed by atoms with van der Waals surface area (Å²) in [4.78, 5) is 21.4. The summed E-state index contributed by atoms with van der Waals surface area (Å²) in [5.41, 5.74) is 3.77. The third kappa shape index (κ3) is 4.99. The molecule has 0 saturated carbocycles. The lowest BCUT2D eigenvalue weighted by molar-refractivity contribution is 0.136. The van der Waals surface area contributed by atoms with Gasteiger partial charge in [0.25, 0.3) is 0 Å². The molecule has 0 aliphatic carbocycles. The number of anilines is 1. The van der Waals surface area contributed by atoms with Gasteiger partial charge in [-0.25, -0.2) is 9.78 Å². The highest BCUT2D eigenvalue weighted by Crippen LogP contribution is 2.26. The summed E-state index contributed by atoms with van der Waals surface area (Å²) >= 11 is 0. The fourth-order valence-corrected chi connectivity index (χ4v) is 3.71. The molecular weight excluding hydrogens is 392 g/mol. The number of aromatic nitrogens is 1. The molecule has 3 aromatic rings. The van der Waals surface area contributed by atoms with Crippen LogP contribution in [0.1, 0.15) is 32.2 Å². The second-order valence-electron chi connectivity index (χ2n) is 8.97. The second kappa shape index (κ2) is 8.59. The standard InChI is InChI=1S/C24H30N4O3/c1-24(2,3)17-8-9-21-20(14-17)26-22(31-21)16-27-10-12-28(13-11-27)23(29)25-18-6-5-7-19(15-18)30-4/h5-9,14-15H,10-13,16H2,1-4H3,(H,25,29). The Labute approximate surface area is 183 Å². The Hall–Kier alpha value is -3.06. The predicted molar refractivity (Wildman–Crippen MR) is 122 cm³/mol. The quantitative estimate of drug-likeness (QED) is 0.671. The number of nitrogens with one attached hydrogen (secondary N) is 1. The Kier molecular flexibility index (Phi) is 5.87. The topological polar surface area (TPSA) is 70.8 Å². The summed E-state index contributed by atoms with van der Waals surface area (Å²) in [6.07, 6.45) is 0. The number of carbonyl (C=O) groups excluding carboxylic acids is 1. The van der Waals surface area contributed by atoms with Crippen molar-refractivity contribution in [3.8, 4) is 5.75 Å². The van der Waals surface area contributed by atoms with Crippen LogP contribution >= 0.6 is 0 Å². The van der Waals surface area contributed by atoms with Gasteiger partial charge in [0, 0.05) is 37.9 Å². The van der Waals surface area contributed by atoms with Crippen molar-refractivity contribution in [3.63, 3.8) is 0 Å². The van der Waals surface area contributed by atoms with Crippen molar-refractivity contribution < 1.29 is 13.9 Å². The van der Waals surface area contributed by atoms with E-state index in [1.54, 1.807) is 7.11 Å². The number of methoxy groups -OCH3 is 1. The number of amides is 2. The van der Waals surface area contributed by atoms with Gasteiger partial charge in [-0.1, -0.05) is 32.9 Å². The lowest BCUT2D eigenvalue weighted by Gasteiger charge is -2.34. The summed E-state index contributed by atoms with van der Waals surface area (Å²) in [5, 5.41) is 2.94. The zero-order chi connectivity index (χ0) is 22.0. The zero-order valence-corrected chi connectivity index (χ0v) is 18.6. The minimum absolute atomic E-state index is 0.0785. The highest BCUT2D eigenvalue weighted by Gasteiger charge is 2.23. The summed E-state index contributed by atoms with van der Waals surface area (Å²) in [6.45, 7) is 10.1. The van der Waals surface area contributed by atoms with E-state index in [1.165, 1.54) is 5.56 Å². The van der Waals surface area contributed by atoms with Gasteiger partial charge in [-0.15, -0.1) is 0 Å². The van der Waals surface area contributed by atoms with E-state index in [-0.39, 0.29) is 11.4 Å². The first-order valence-electron chi connectivity index (χ1n) is 10.6. The number of nitrogens with zero attached hydrogens (tertiary/aromatic N) is 3. The first kappa shape index (κ1) is 21.2. The maximum absolute atomic E-state index is 12.6. The molecule has 2 aromatic carbocycles. The zero-order valence-electron chi connectivity index (χ0n) is 18.6. The van der Waals surface area contributed by atoms with Gasteiger partial charge in [0.1, 0.15) is 11.3 Å². The average molecular weight is 423 g/mol. The van der Waals surface area contributed by atoms with Crippen LogP contribution in [0.5, 0.6) is 5.75 Å². The molecule has 2 amide bonds. The number of urea groups is 1. The van der Waals surface area contributed by atoms with Crippen LogP contribution in [0.4, 0.5) is 10.5 Å². The molecule has 0 atom stereocenters. The molecule has 7 heteroatoms. The minimum Gasteiger partial charge on any atom is -0.497 e. The molecule has 0 radical (unpaired) electrons. The first-order valence-corrected chi connectivity index (χ1v) is 10.6. The first-order chi connectivity index (χ1) is 14.8. The Balaban J connectivity index is 1.33. The Morgan fingerprint density at radius 2 is 1.90 bits per heavy atom. The summed E-state index contributed by atoms with van der Waals surface area (Å²) in [6, 6.07) is 13.5. The van der Waals surface area contributed by atoms with Crippen molar-refractivity contribution in [3.05, 3.63) is 53.9 Å². The number of benzene rings is 2. The number of hydrogen-bond donors (Lipinski definition) is 1. The number of ether oxygens (including phenoxy) is 1. The second-order valence-corrected chi connectivity index (χ2v) is 8.97. The number of carbonyl (C=O) groups is 1. The molecule has 1 N–H and O–H groups in total. The van der Waals surface area contributed by atoms with Crippen molar-refractivity contribution in [2.45, 2.75) is 32.7 Å². The van der Waals surface area contributed by atoms with Crippen LogP contribution in [-0.2, 0) is 12.0 Å². The van der Waals surface area contributed by atoms with Gasteiger partial charge < -0.3 is 19.4 Å². The van der Waals surface area contributed by atoms with E-state index < -0.39 is 0 Å². The molecule has 0 unspecified atom stereocenters. The van der Waals surface area contributed by atoms with Gasteiger partial charge in [-0.2, -0.15) is 0 Å². The van der Waals surface area contributed by atoms with Crippen molar-refractivity contribution >= 4 is 22.8 Å². The maximum atomic E-state index is 12.6. The number of oxazole rings is 1. The highest BCUT2D eigenvalue weighted by atomic mass is 16.5. The van der Waals surface area contributed by atoms with Gasteiger partial charge in [-0.3, -0.25) is 4.90 Å². The van der Waals surface area contributed by atoms with Crippen LogP contribution in [0.25, 0.3) is 11.1 Å². The molecular formula is C24H30N4O3. The molecule has 1 aromatic heterocycles. The minimum atomic E-state index is -0.0931. The molecule has 0 bridgehead atoms. The van der Waals surface area contributed by atoms with E-state index in [9.17, 15) is 4.79 Å². The van der Waals surface area contributed by atoms with Crippen molar-refractivity contribution in [1.82, 2.24) is 14.8 Å². The normalized spacial score (nSPS) is 15.3. The molecule has 4 rings (SSSR count). The van der Waals surface area contributed by atoms with E-state index in [0.717, 1.165) is 41.5 Å². The van der Waals surface area contributed by atoms with Crippen molar-refractivity contribution in [2.24, 2.45) is 0 Å². The van der Waals surface area contributed by atoms with Crippen LogP contribution in [0.3, 0.4) is 0 Å². The Morgan fingerprint density at radius 1 is 1.13 bits per heavy atom. The average Bonchev–Trinajstić information content (AvgIpc) is 3.15. The van der Waals surface area contributed by atoms with E-state index in [4.69, 9.17) is 14.1 Å². The van der Waals surface area contributed by atoms with Gasteiger partial charge in [-0.05, 0) is 35.2 Å². The fraction of sp³-hybridized carbons (Fsp3) is 0.417. The van der Waals surface area contributed by atoms with Crippen LogP contribution in [0.15, 0.2) is 46.9 Å². The van der Waals surface area contributed by atoms with E-state index in [0.29, 0.717) is 19.6 Å². The summed E-state index contributed by atoms with van der Waals surface area (Å²) in [5.74, 6) is 1.44. The van der Waals surface area contributed by atoms with Gasteiger partial charge in [0.15, 0.2) is 5.58 Å². The van der Waals surface area contributed by atoms with E-state index in [2.05, 4.69) is 43.1 Å². The number of rotatable bonds is 4. The van der Waals surface area contributed by atoms with Crippen molar-refractivity contribution in [1.29, 1.82) is 0 Å². The molecule has 164 valence electrons. The summed E-state index contributed by atoms with van der Waals surface area (Å²) < 4.78 is 11.2. The molecule has 7 nitrogen and oxygen atoms in total. The molecule has 1 aliphatic heterocycles. The maximum Gasteiger partial charge on any atom is 0.321 e. The molecule has 1 saturated heterocycles. The van der Waals surface area contributed by atoms with Crippen LogP contribution in [0.2, 0.25) is 0 Å².